The molecule has 20 heavy (non-hydrogen) atoms. The molecular formula is C12H20N6O2. The fourth-order valence-electron chi connectivity index (χ4n) is 2.22. The number of aromatic nitrogens is 2. The zero-order valence-electron chi connectivity index (χ0n) is 11.7. The van der Waals surface area contributed by atoms with E-state index in [0.29, 0.717) is 17.3 Å². The molecule has 110 valence electrons. The number of nitrogens with two attached hydrogens (primary N) is 1. The minimum Gasteiger partial charge on any atom is -0.409 e. The van der Waals surface area contributed by atoms with Crippen LogP contribution < -0.4 is 11.1 Å². The Morgan fingerprint density at radius 1 is 1.55 bits per heavy atom. The van der Waals surface area contributed by atoms with Crippen molar-refractivity contribution in [1.82, 2.24) is 14.7 Å². The number of likely N-dealkylation sites (tertiary alicyclic amines) is 1. The van der Waals surface area contributed by atoms with Gasteiger partial charge in [0.2, 0.25) is 0 Å². The smallest absolute Gasteiger partial charge is 0.323 e. The molecule has 0 unspecified atom stereocenters. The zero-order valence-corrected chi connectivity index (χ0v) is 11.7. The summed E-state index contributed by atoms with van der Waals surface area (Å²) >= 11 is 0. The molecule has 0 radical (unpaired) electrons. The molecule has 2 heterocycles. The van der Waals surface area contributed by atoms with Crippen molar-refractivity contribution in [3.63, 3.8) is 0 Å². The van der Waals surface area contributed by atoms with Crippen LogP contribution in [0.2, 0.25) is 0 Å². The summed E-state index contributed by atoms with van der Waals surface area (Å²) in [6, 6.07) is -0.188. The standard InChI is InChI=1S/C12H20N6O2/c1-8-3-5-18(6-4-8)12(19)15-11-9(10(13)16-20)7-14-17(11)2/h7-8,20H,3-6H2,1-2H3,(H2,13,16)(H,15,19). The van der Waals surface area contributed by atoms with Crippen LogP contribution in [0.1, 0.15) is 25.3 Å². The maximum absolute atomic E-state index is 12.2. The average Bonchev–Trinajstić information content (AvgIpc) is 2.80. The van der Waals surface area contributed by atoms with Crippen LogP contribution in [-0.4, -0.2) is 44.8 Å². The Morgan fingerprint density at radius 3 is 2.80 bits per heavy atom. The van der Waals surface area contributed by atoms with Crippen molar-refractivity contribution in [2.45, 2.75) is 19.8 Å². The lowest BCUT2D eigenvalue weighted by atomic mass is 10.00. The zero-order chi connectivity index (χ0) is 14.7. The van der Waals surface area contributed by atoms with Crippen LogP contribution in [0.3, 0.4) is 0 Å². The number of anilines is 1. The van der Waals surface area contributed by atoms with E-state index < -0.39 is 0 Å². The molecule has 2 rings (SSSR count). The quantitative estimate of drug-likeness (QED) is 0.322. The molecule has 0 atom stereocenters. The van der Waals surface area contributed by atoms with E-state index in [1.54, 1.807) is 11.9 Å². The summed E-state index contributed by atoms with van der Waals surface area (Å²) < 4.78 is 1.48. The topological polar surface area (TPSA) is 109 Å². The van der Waals surface area contributed by atoms with Gasteiger partial charge in [-0.2, -0.15) is 5.10 Å². The number of carbonyl (C=O) groups excluding carboxylic acids is 1. The highest BCUT2D eigenvalue weighted by Crippen LogP contribution is 2.18. The normalized spacial score (nSPS) is 17.3. The molecule has 0 aromatic carbocycles. The van der Waals surface area contributed by atoms with Gasteiger partial charge < -0.3 is 15.8 Å². The molecule has 8 nitrogen and oxygen atoms in total. The van der Waals surface area contributed by atoms with E-state index in [1.165, 1.54) is 10.9 Å². The number of amidine groups is 1. The summed E-state index contributed by atoms with van der Waals surface area (Å²) in [5, 5.41) is 18.5. The van der Waals surface area contributed by atoms with Crippen molar-refractivity contribution in [2.75, 3.05) is 18.4 Å². The fourth-order valence-corrected chi connectivity index (χ4v) is 2.22. The summed E-state index contributed by atoms with van der Waals surface area (Å²) in [4.78, 5) is 14.0. The lowest BCUT2D eigenvalue weighted by molar-refractivity contribution is 0.186. The number of carbonyl (C=O) groups is 1. The van der Waals surface area contributed by atoms with E-state index in [2.05, 4.69) is 22.5 Å². The Balaban J connectivity index is 2.10. The van der Waals surface area contributed by atoms with Crippen molar-refractivity contribution in [3.05, 3.63) is 11.8 Å². The molecule has 0 spiro atoms. The third-order valence-electron chi connectivity index (χ3n) is 3.62. The second-order valence-electron chi connectivity index (χ2n) is 5.12. The molecule has 0 saturated carbocycles. The van der Waals surface area contributed by atoms with Gasteiger partial charge in [0.15, 0.2) is 5.84 Å². The van der Waals surface area contributed by atoms with Gasteiger partial charge in [0, 0.05) is 20.1 Å². The molecular weight excluding hydrogens is 260 g/mol. The van der Waals surface area contributed by atoms with E-state index in [-0.39, 0.29) is 11.9 Å². The number of amides is 2. The fraction of sp³-hybridized carbons (Fsp3) is 0.583. The average molecular weight is 280 g/mol. The van der Waals surface area contributed by atoms with Gasteiger partial charge in [0.1, 0.15) is 5.82 Å². The number of piperidine rings is 1. The number of oxime groups is 1. The second-order valence-corrected chi connectivity index (χ2v) is 5.12. The highest BCUT2D eigenvalue weighted by atomic mass is 16.4. The van der Waals surface area contributed by atoms with E-state index >= 15 is 0 Å². The van der Waals surface area contributed by atoms with Crippen molar-refractivity contribution >= 4 is 17.7 Å². The summed E-state index contributed by atoms with van der Waals surface area (Å²) in [6.45, 7) is 3.67. The first-order valence-electron chi connectivity index (χ1n) is 6.58. The molecule has 1 aromatic rings. The molecule has 1 aliphatic heterocycles. The van der Waals surface area contributed by atoms with Crippen molar-refractivity contribution in [2.24, 2.45) is 23.9 Å². The van der Waals surface area contributed by atoms with Gasteiger partial charge >= 0.3 is 6.03 Å². The predicted octanol–water partition coefficient (Wildman–Crippen LogP) is 0.778. The first-order chi connectivity index (χ1) is 9.52. The number of hydrogen-bond donors (Lipinski definition) is 3. The Morgan fingerprint density at radius 2 is 2.20 bits per heavy atom. The van der Waals surface area contributed by atoms with Crippen molar-refractivity contribution in [1.29, 1.82) is 0 Å². The van der Waals surface area contributed by atoms with E-state index in [9.17, 15) is 4.79 Å². The number of aryl methyl sites for hydroxylation is 1. The summed E-state index contributed by atoms with van der Waals surface area (Å²) in [5.74, 6) is 0.994. The predicted molar refractivity (Wildman–Crippen MR) is 74.7 cm³/mol. The first-order valence-corrected chi connectivity index (χ1v) is 6.58. The molecule has 2 amide bonds. The Hall–Kier alpha value is -2.25. The maximum atomic E-state index is 12.2. The maximum Gasteiger partial charge on any atom is 0.323 e. The molecule has 1 fully saturated rings. The largest absolute Gasteiger partial charge is 0.409 e. The monoisotopic (exact) mass is 280 g/mol. The van der Waals surface area contributed by atoms with Gasteiger partial charge in [0.25, 0.3) is 0 Å². The van der Waals surface area contributed by atoms with Gasteiger partial charge in [-0.15, -0.1) is 0 Å². The number of urea groups is 1. The van der Waals surface area contributed by atoms with Crippen LogP contribution >= 0.6 is 0 Å². The van der Waals surface area contributed by atoms with E-state index in [0.717, 1.165) is 25.9 Å². The molecule has 1 saturated heterocycles. The molecule has 1 aromatic heterocycles. The summed E-state index contributed by atoms with van der Waals surface area (Å²) in [6.07, 6.45) is 3.46. The Labute approximate surface area is 117 Å². The first kappa shape index (κ1) is 14.2. The van der Waals surface area contributed by atoms with Gasteiger partial charge in [-0.3, -0.25) is 10.00 Å². The van der Waals surface area contributed by atoms with Gasteiger partial charge in [-0.1, -0.05) is 12.1 Å². The minimum absolute atomic E-state index is 0.0827. The molecule has 1 aliphatic rings. The number of nitrogens with zero attached hydrogens (tertiary/aromatic N) is 4. The highest BCUT2D eigenvalue weighted by Gasteiger charge is 2.22. The van der Waals surface area contributed by atoms with E-state index in [1.807, 2.05) is 0 Å². The minimum atomic E-state index is -0.188. The van der Waals surface area contributed by atoms with Crippen LogP contribution in [0.15, 0.2) is 11.4 Å². The van der Waals surface area contributed by atoms with Crippen LogP contribution in [-0.2, 0) is 7.05 Å². The molecule has 8 heteroatoms. The summed E-state index contributed by atoms with van der Waals surface area (Å²) in [7, 11) is 1.68. The number of hydrogen-bond acceptors (Lipinski definition) is 4. The summed E-state index contributed by atoms with van der Waals surface area (Å²) in [5.41, 5.74) is 5.96. The molecule has 0 bridgehead atoms. The third-order valence-corrected chi connectivity index (χ3v) is 3.62. The van der Waals surface area contributed by atoms with Crippen LogP contribution in [0.4, 0.5) is 10.6 Å². The highest BCUT2D eigenvalue weighted by molar-refractivity contribution is 6.04. The molecule has 4 N–H and O–H groups in total. The van der Waals surface area contributed by atoms with Crippen LogP contribution in [0.25, 0.3) is 0 Å². The van der Waals surface area contributed by atoms with Gasteiger partial charge in [0.05, 0.1) is 11.8 Å². The Kier molecular flexibility index (Phi) is 4.11. The van der Waals surface area contributed by atoms with Crippen LogP contribution in [0, 0.1) is 5.92 Å². The van der Waals surface area contributed by atoms with Crippen molar-refractivity contribution < 1.29 is 10.0 Å². The lowest BCUT2D eigenvalue weighted by Gasteiger charge is -2.30. The van der Waals surface area contributed by atoms with Gasteiger partial charge in [-0.25, -0.2) is 4.79 Å². The number of rotatable bonds is 2. The second kappa shape index (κ2) is 5.81. The van der Waals surface area contributed by atoms with Crippen LogP contribution in [0.5, 0.6) is 0 Å². The van der Waals surface area contributed by atoms with Gasteiger partial charge in [-0.05, 0) is 18.8 Å². The number of nitrogens with one attached hydrogen (secondary N) is 1. The van der Waals surface area contributed by atoms with E-state index in [4.69, 9.17) is 10.9 Å². The van der Waals surface area contributed by atoms with Crippen molar-refractivity contribution in [3.8, 4) is 0 Å². The SMILES string of the molecule is CC1CCN(C(=O)Nc2c(C(N)=NO)cnn2C)CC1. The lowest BCUT2D eigenvalue weighted by Crippen LogP contribution is -2.41. The molecule has 0 aliphatic carbocycles. The third kappa shape index (κ3) is 2.84. The Bertz CT molecular complexity index is 516.